The van der Waals surface area contributed by atoms with E-state index in [2.05, 4.69) is 63.0 Å². The molecule has 3 aromatic rings. The molecule has 26 heavy (non-hydrogen) atoms. The number of thiazole rings is 1. The van der Waals surface area contributed by atoms with E-state index in [0.717, 1.165) is 36.0 Å². The van der Waals surface area contributed by atoms with Gasteiger partial charge in [-0.1, -0.05) is 18.2 Å². The van der Waals surface area contributed by atoms with Gasteiger partial charge in [0, 0.05) is 35.6 Å². The molecule has 5 nitrogen and oxygen atoms in total. The summed E-state index contributed by atoms with van der Waals surface area (Å²) in [4.78, 5) is 13.4. The average Bonchev–Trinajstić information content (AvgIpc) is 3.18. The van der Waals surface area contributed by atoms with Crippen LogP contribution in [0.15, 0.2) is 35.5 Å². The molecular formula is C19H26IN5S. The Balaban J connectivity index is 0.00000243. The number of halogens is 1. The van der Waals surface area contributed by atoms with Crippen LogP contribution in [0, 0.1) is 13.8 Å². The predicted molar refractivity (Wildman–Crippen MR) is 122 cm³/mol. The van der Waals surface area contributed by atoms with Gasteiger partial charge in [0.15, 0.2) is 5.96 Å². The summed E-state index contributed by atoms with van der Waals surface area (Å²) < 4.78 is 0. The Morgan fingerprint density at radius 3 is 2.77 bits per heavy atom. The number of guanidine groups is 1. The number of aromatic amines is 1. The first kappa shape index (κ1) is 20.7. The molecular weight excluding hydrogens is 457 g/mol. The van der Waals surface area contributed by atoms with E-state index in [1.54, 1.807) is 18.4 Å². The highest BCUT2D eigenvalue weighted by molar-refractivity contribution is 14.0. The van der Waals surface area contributed by atoms with Gasteiger partial charge in [0.25, 0.3) is 0 Å². The van der Waals surface area contributed by atoms with Gasteiger partial charge in [0.2, 0.25) is 0 Å². The third-order valence-electron chi connectivity index (χ3n) is 4.29. The molecule has 3 N–H and O–H groups in total. The smallest absolute Gasteiger partial charge is 0.191 e. The lowest BCUT2D eigenvalue weighted by atomic mass is 10.1. The second-order valence-electron chi connectivity index (χ2n) is 6.06. The minimum absolute atomic E-state index is 0. The number of nitrogens with one attached hydrogen (secondary N) is 3. The topological polar surface area (TPSA) is 65.1 Å². The van der Waals surface area contributed by atoms with Crippen LogP contribution >= 0.6 is 35.3 Å². The first-order valence-electron chi connectivity index (χ1n) is 8.60. The van der Waals surface area contributed by atoms with E-state index in [4.69, 9.17) is 0 Å². The molecule has 0 amide bonds. The maximum Gasteiger partial charge on any atom is 0.191 e. The Labute approximate surface area is 175 Å². The summed E-state index contributed by atoms with van der Waals surface area (Å²) in [6, 6.07) is 8.44. The molecule has 0 aliphatic heterocycles. The van der Waals surface area contributed by atoms with Crippen molar-refractivity contribution < 1.29 is 0 Å². The monoisotopic (exact) mass is 483 g/mol. The maximum atomic E-state index is 4.55. The van der Waals surface area contributed by atoms with Crippen molar-refractivity contribution in [1.82, 2.24) is 20.6 Å². The molecule has 2 heterocycles. The van der Waals surface area contributed by atoms with Crippen molar-refractivity contribution in [3.8, 4) is 0 Å². The molecule has 0 atom stereocenters. The Bertz CT molecular complexity index is 848. The molecule has 0 bridgehead atoms. The van der Waals surface area contributed by atoms with Gasteiger partial charge >= 0.3 is 0 Å². The van der Waals surface area contributed by atoms with Gasteiger partial charge in [-0.05, 0) is 38.3 Å². The first-order chi connectivity index (χ1) is 12.2. The van der Waals surface area contributed by atoms with Crippen molar-refractivity contribution in [2.75, 3.05) is 13.6 Å². The molecule has 0 aliphatic carbocycles. The number of benzene rings is 1. The molecule has 0 spiro atoms. The van der Waals surface area contributed by atoms with E-state index in [9.17, 15) is 0 Å². The number of aryl methyl sites for hydroxylation is 3. The van der Waals surface area contributed by atoms with Gasteiger partial charge in [-0.15, -0.1) is 35.3 Å². The molecule has 0 radical (unpaired) electrons. The van der Waals surface area contributed by atoms with Crippen LogP contribution in [0.1, 0.15) is 27.6 Å². The highest BCUT2D eigenvalue weighted by atomic mass is 127. The van der Waals surface area contributed by atoms with E-state index >= 15 is 0 Å². The number of fused-ring (bicyclic) bond motifs is 1. The third kappa shape index (κ3) is 5.20. The summed E-state index contributed by atoms with van der Waals surface area (Å²) in [6.45, 7) is 5.75. The van der Waals surface area contributed by atoms with Crippen LogP contribution in [0.4, 0.5) is 0 Å². The number of para-hydroxylation sites is 1. The number of aromatic nitrogens is 2. The summed E-state index contributed by atoms with van der Waals surface area (Å²) in [5.74, 6) is 0.824. The molecule has 7 heteroatoms. The molecule has 3 rings (SSSR count). The Morgan fingerprint density at radius 1 is 1.23 bits per heavy atom. The van der Waals surface area contributed by atoms with Crippen molar-refractivity contribution in [2.24, 2.45) is 4.99 Å². The molecule has 0 unspecified atom stereocenters. The van der Waals surface area contributed by atoms with Gasteiger partial charge in [-0.3, -0.25) is 4.99 Å². The summed E-state index contributed by atoms with van der Waals surface area (Å²) in [5, 5.41) is 9.12. The molecule has 0 fully saturated rings. The standard InChI is InChI=1S/C19H25N5S.HI/c1-13-14(2)25-18(24-13)12-23-19(20-3)21-10-6-7-15-11-22-17-9-5-4-8-16(15)17;/h4-5,8-9,11,22H,6-7,10,12H2,1-3H3,(H2,20,21,23);1H. The van der Waals surface area contributed by atoms with Crippen molar-refractivity contribution >= 4 is 52.2 Å². The Hall–Kier alpha value is -1.61. The highest BCUT2D eigenvalue weighted by Crippen LogP contribution is 2.18. The number of rotatable bonds is 6. The van der Waals surface area contributed by atoms with Gasteiger partial charge in [0.05, 0.1) is 12.2 Å². The van der Waals surface area contributed by atoms with E-state index in [1.165, 1.54) is 21.3 Å². The van der Waals surface area contributed by atoms with Gasteiger partial charge in [-0.25, -0.2) is 4.98 Å². The molecule has 0 aliphatic rings. The minimum Gasteiger partial charge on any atom is -0.361 e. The van der Waals surface area contributed by atoms with E-state index in [-0.39, 0.29) is 24.0 Å². The maximum absolute atomic E-state index is 4.55. The van der Waals surface area contributed by atoms with Crippen molar-refractivity contribution in [2.45, 2.75) is 33.2 Å². The van der Waals surface area contributed by atoms with Gasteiger partial charge in [0.1, 0.15) is 5.01 Å². The Morgan fingerprint density at radius 2 is 2.04 bits per heavy atom. The molecule has 1 aromatic carbocycles. The molecule has 0 saturated carbocycles. The van der Waals surface area contributed by atoms with E-state index in [0.29, 0.717) is 6.54 Å². The lowest BCUT2D eigenvalue weighted by molar-refractivity contribution is 0.742. The fraction of sp³-hybridized carbons (Fsp3) is 0.368. The average molecular weight is 483 g/mol. The van der Waals surface area contributed by atoms with Crippen LogP contribution in [0.25, 0.3) is 10.9 Å². The van der Waals surface area contributed by atoms with E-state index in [1.807, 2.05) is 6.92 Å². The molecule has 0 saturated heterocycles. The summed E-state index contributed by atoms with van der Waals surface area (Å²) in [5.41, 5.74) is 3.69. The van der Waals surface area contributed by atoms with Crippen molar-refractivity contribution in [3.63, 3.8) is 0 Å². The normalized spacial score (nSPS) is 11.4. The summed E-state index contributed by atoms with van der Waals surface area (Å²) in [7, 11) is 1.80. The van der Waals surface area contributed by atoms with Gasteiger partial charge < -0.3 is 15.6 Å². The fourth-order valence-corrected chi connectivity index (χ4v) is 3.69. The second kappa shape index (κ2) is 9.91. The van der Waals surface area contributed by atoms with Crippen LogP contribution < -0.4 is 10.6 Å². The number of hydrogen-bond acceptors (Lipinski definition) is 3. The predicted octanol–water partition coefficient (Wildman–Crippen LogP) is 4.16. The third-order valence-corrected chi connectivity index (χ3v) is 5.37. The van der Waals surface area contributed by atoms with Crippen molar-refractivity contribution in [3.05, 3.63) is 51.6 Å². The van der Waals surface area contributed by atoms with Gasteiger partial charge in [-0.2, -0.15) is 0 Å². The lowest BCUT2D eigenvalue weighted by Gasteiger charge is -2.10. The zero-order chi connectivity index (χ0) is 17.6. The lowest BCUT2D eigenvalue weighted by Crippen LogP contribution is -2.37. The largest absolute Gasteiger partial charge is 0.361 e. The highest BCUT2D eigenvalue weighted by Gasteiger charge is 2.05. The SMILES string of the molecule is CN=C(NCCCc1c[nH]c2ccccc12)NCc1nc(C)c(C)s1.I. The number of H-pyrrole nitrogens is 1. The van der Waals surface area contributed by atoms with Crippen LogP contribution in [0.5, 0.6) is 0 Å². The van der Waals surface area contributed by atoms with E-state index < -0.39 is 0 Å². The number of hydrogen-bond donors (Lipinski definition) is 3. The summed E-state index contributed by atoms with van der Waals surface area (Å²) in [6.07, 6.45) is 4.21. The first-order valence-corrected chi connectivity index (χ1v) is 9.41. The Kier molecular flexibility index (Phi) is 7.89. The zero-order valence-electron chi connectivity index (χ0n) is 15.4. The summed E-state index contributed by atoms with van der Waals surface area (Å²) >= 11 is 1.73. The zero-order valence-corrected chi connectivity index (χ0v) is 18.6. The van der Waals surface area contributed by atoms with Crippen LogP contribution in [-0.2, 0) is 13.0 Å². The van der Waals surface area contributed by atoms with Crippen LogP contribution in [0.3, 0.4) is 0 Å². The van der Waals surface area contributed by atoms with Crippen molar-refractivity contribution in [1.29, 1.82) is 0 Å². The quantitative estimate of drug-likeness (QED) is 0.214. The fourth-order valence-electron chi connectivity index (χ4n) is 2.82. The van der Waals surface area contributed by atoms with Crippen LogP contribution in [0.2, 0.25) is 0 Å². The minimum atomic E-state index is 0. The molecule has 140 valence electrons. The number of nitrogens with zero attached hydrogens (tertiary/aromatic N) is 2. The number of aliphatic imine (C=N–C) groups is 1. The molecule has 2 aromatic heterocycles. The second-order valence-corrected chi connectivity index (χ2v) is 7.35. The van der Waals surface area contributed by atoms with Crippen LogP contribution in [-0.4, -0.2) is 29.5 Å².